The van der Waals surface area contributed by atoms with Gasteiger partial charge in [0.1, 0.15) is 0 Å². The molecule has 1 aromatic rings. The summed E-state index contributed by atoms with van der Waals surface area (Å²) in [4.78, 5) is 4.13. The fraction of sp³-hybridized carbons (Fsp3) is 0.700. The zero-order valence-electron chi connectivity index (χ0n) is 14.8. The van der Waals surface area contributed by atoms with E-state index in [9.17, 15) is 0 Å². The van der Waals surface area contributed by atoms with E-state index in [2.05, 4.69) is 47.5 Å². The quantitative estimate of drug-likeness (QED) is 0.462. The van der Waals surface area contributed by atoms with Crippen LogP contribution in [0.2, 0.25) is 0 Å². The minimum absolute atomic E-state index is 0.860. The smallest absolute Gasteiger partial charge is 0.0110 e. The average molecular weight is 335 g/mol. The van der Waals surface area contributed by atoms with Crippen LogP contribution in [0.15, 0.2) is 35.2 Å². The van der Waals surface area contributed by atoms with Crippen molar-refractivity contribution < 1.29 is 0 Å². The molecule has 0 saturated heterocycles. The van der Waals surface area contributed by atoms with Gasteiger partial charge in [-0.05, 0) is 56.7 Å². The number of thioether (sulfide) groups is 1. The predicted molar refractivity (Wildman–Crippen MR) is 103 cm³/mol. The molecule has 1 N–H and O–H groups in total. The maximum atomic E-state index is 3.64. The number of hydrogen-bond donors (Lipinski definition) is 1. The standard InChI is InChI=1S/C20H34N2S/c1-2-16-22(19-10-5-3-6-11-19)17-15-21-14-9-18-23-20-12-7-4-8-13-20/h4,7-8,12-13,19,21H,2-3,5-6,9-11,14-18H2,1H3. The van der Waals surface area contributed by atoms with Crippen molar-refractivity contribution in [1.82, 2.24) is 10.2 Å². The van der Waals surface area contributed by atoms with Gasteiger partial charge in [0, 0.05) is 24.0 Å². The number of nitrogens with one attached hydrogen (secondary N) is 1. The molecule has 0 bridgehead atoms. The first-order chi connectivity index (χ1) is 11.4. The van der Waals surface area contributed by atoms with E-state index in [0.717, 1.165) is 19.1 Å². The molecule has 23 heavy (non-hydrogen) atoms. The number of hydrogen-bond acceptors (Lipinski definition) is 3. The van der Waals surface area contributed by atoms with Gasteiger partial charge in [0.05, 0.1) is 0 Å². The molecule has 0 aliphatic heterocycles. The molecule has 1 saturated carbocycles. The van der Waals surface area contributed by atoms with Gasteiger partial charge in [-0.1, -0.05) is 44.4 Å². The Morgan fingerprint density at radius 1 is 1.04 bits per heavy atom. The second kappa shape index (κ2) is 11.9. The van der Waals surface area contributed by atoms with E-state index in [1.54, 1.807) is 0 Å². The van der Waals surface area contributed by atoms with E-state index < -0.39 is 0 Å². The summed E-state index contributed by atoms with van der Waals surface area (Å²) in [6.45, 7) is 7.10. The van der Waals surface area contributed by atoms with Crippen LogP contribution >= 0.6 is 11.8 Å². The van der Waals surface area contributed by atoms with E-state index in [1.807, 2.05) is 11.8 Å². The number of nitrogens with zero attached hydrogens (tertiary/aromatic N) is 1. The van der Waals surface area contributed by atoms with Gasteiger partial charge in [0.15, 0.2) is 0 Å². The molecule has 2 rings (SSSR count). The lowest BCUT2D eigenvalue weighted by Gasteiger charge is -2.34. The van der Waals surface area contributed by atoms with E-state index >= 15 is 0 Å². The molecule has 0 aromatic heterocycles. The van der Waals surface area contributed by atoms with E-state index in [1.165, 1.54) is 68.7 Å². The third kappa shape index (κ3) is 7.73. The maximum Gasteiger partial charge on any atom is 0.0110 e. The summed E-state index contributed by atoms with van der Waals surface area (Å²) in [7, 11) is 0. The highest BCUT2D eigenvalue weighted by atomic mass is 32.2. The summed E-state index contributed by atoms with van der Waals surface area (Å²) < 4.78 is 0. The van der Waals surface area contributed by atoms with Gasteiger partial charge >= 0.3 is 0 Å². The molecule has 1 aliphatic rings. The molecule has 2 nitrogen and oxygen atoms in total. The third-order valence-corrected chi connectivity index (χ3v) is 5.79. The van der Waals surface area contributed by atoms with Crippen molar-refractivity contribution in [2.75, 3.05) is 31.9 Å². The first-order valence-electron chi connectivity index (χ1n) is 9.52. The predicted octanol–water partition coefficient (Wildman–Crippen LogP) is 4.80. The Morgan fingerprint density at radius 3 is 2.57 bits per heavy atom. The Kier molecular flexibility index (Phi) is 9.77. The van der Waals surface area contributed by atoms with Gasteiger partial charge in [-0.3, -0.25) is 4.90 Å². The van der Waals surface area contributed by atoms with Crippen molar-refractivity contribution in [2.45, 2.75) is 62.8 Å². The van der Waals surface area contributed by atoms with Crippen LogP contribution in [0.1, 0.15) is 51.9 Å². The molecule has 0 atom stereocenters. The molecule has 3 heteroatoms. The lowest BCUT2D eigenvalue weighted by Crippen LogP contribution is -2.41. The minimum Gasteiger partial charge on any atom is -0.315 e. The highest BCUT2D eigenvalue weighted by Crippen LogP contribution is 2.22. The van der Waals surface area contributed by atoms with Crippen molar-refractivity contribution in [1.29, 1.82) is 0 Å². The summed E-state index contributed by atoms with van der Waals surface area (Å²) in [5, 5.41) is 3.64. The van der Waals surface area contributed by atoms with Crippen LogP contribution in [0.5, 0.6) is 0 Å². The normalized spacial score (nSPS) is 16.1. The molecule has 0 radical (unpaired) electrons. The molecule has 1 aliphatic carbocycles. The summed E-state index contributed by atoms with van der Waals surface area (Å²) >= 11 is 1.97. The lowest BCUT2D eigenvalue weighted by molar-refractivity contribution is 0.157. The van der Waals surface area contributed by atoms with Gasteiger partial charge in [-0.2, -0.15) is 0 Å². The van der Waals surface area contributed by atoms with Crippen LogP contribution in [0.4, 0.5) is 0 Å². The third-order valence-electron chi connectivity index (χ3n) is 4.69. The SMILES string of the molecule is CCCN(CCNCCCSc1ccccc1)C1CCCCC1. The monoisotopic (exact) mass is 334 g/mol. The molecule has 0 spiro atoms. The first-order valence-corrected chi connectivity index (χ1v) is 10.5. The fourth-order valence-corrected chi connectivity index (χ4v) is 4.34. The van der Waals surface area contributed by atoms with Gasteiger partial charge in [0.2, 0.25) is 0 Å². The molecule has 130 valence electrons. The van der Waals surface area contributed by atoms with Crippen molar-refractivity contribution >= 4 is 11.8 Å². The zero-order chi connectivity index (χ0) is 16.2. The molecule has 1 aromatic carbocycles. The van der Waals surface area contributed by atoms with Crippen LogP contribution in [-0.4, -0.2) is 42.9 Å². The Bertz CT molecular complexity index is 390. The van der Waals surface area contributed by atoms with Crippen LogP contribution in [0.25, 0.3) is 0 Å². The number of benzene rings is 1. The van der Waals surface area contributed by atoms with Gasteiger partial charge in [-0.25, -0.2) is 0 Å². The fourth-order valence-electron chi connectivity index (χ4n) is 3.46. The van der Waals surface area contributed by atoms with Crippen LogP contribution in [0, 0.1) is 0 Å². The van der Waals surface area contributed by atoms with Crippen molar-refractivity contribution in [3.8, 4) is 0 Å². The largest absolute Gasteiger partial charge is 0.315 e. The Labute approximate surface area is 147 Å². The topological polar surface area (TPSA) is 15.3 Å². The van der Waals surface area contributed by atoms with Crippen molar-refractivity contribution in [2.24, 2.45) is 0 Å². The average Bonchev–Trinajstić information content (AvgIpc) is 2.61. The maximum absolute atomic E-state index is 3.64. The highest BCUT2D eigenvalue weighted by Gasteiger charge is 2.19. The van der Waals surface area contributed by atoms with Crippen LogP contribution in [-0.2, 0) is 0 Å². The van der Waals surface area contributed by atoms with E-state index in [0.29, 0.717) is 0 Å². The van der Waals surface area contributed by atoms with Gasteiger partial charge < -0.3 is 5.32 Å². The second-order valence-corrected chi connectivity index (χ2v) is 7.76. The van der Waals surface area contributed by atoms with E-state index in [-0.39, 0.29) is 0 Å². The molecular weight excluding hydrogens is 300 g/mol. The lowest BCUT2D eigenvalue weighted by atomic mass is 9.94. The molecule has 0 heterocycles. The zero-order valence-corrected chi connectivity index (χ0v) is 15.6. The highest BCUT2D eigenvalue weighted by molar-refractivity contribution is 7.99. The first kappa shape index (κ1) is 18.8. The molecular formula is C20H34N2S. The molecule has 0 unspecified atom stereocenters. The summed E-state index contributed by atoms with van der Waals surface area (Å²) in [6.07, 6.45) is 9.71. The Morgan fingerprint density at radius 2 is 1.83 bits per heavy atom. The minimum atomic E-state index is 0.860. The summed E-state index contributed by atoms with van der Waals surface area (Å²) in [6, 6.07) is 11.6. The Hall–Kier alpha value is -0.510. The number of rotatable bonds is 11. The molecule has 1 fully saturated rings. The van der Waals surface area contributed by atoms with Crippen molar-refractivity contribution in [3.05, 3.63) is 30.3 Å². The van der Waals surface area contributed by atoms with Gasteiger partial charge in [0.25, 0.3) is 0 Å². The summed E-state index contributed by atoms with van der Waals surface area (Å²) in [5.74, 6) is 1.21. The second-order valence-electron chi connectivity index (χ2n) is 6.59. The van der Waals surface area contributed by atoms with Crippen LogP contribution < -0.4 is 5.32 Å². The van der Waals surface area contributed by atoms with Crippen LogP contribution in [0.3, 0.4) is 0 Å². The van der Waals surface area contributed by atoms with E-state index in [4.69, 9.17) is 0 Å². The molecule has 0 amide bonds. The van der Waals surface area contributed by atoms with Gasteiger partial charge in [-0.15, -0.1) is 11.8 Å². The Balaban J connectivity index is 1.52. The summed E-state index contributed by atoms with van der Waals surface area (Å²) in [5.41, 5.74) is 0. The van der Waals surface area contributed by atoms with Crippen molar-refractivity contribution in [3.63, 3.8) is 0 Å².